The van der Waals surface area contributed by atoms with Crippen LogP contribution in [0.25, 0.3) is 0 Å². The van der Waals surface area contributed by atoms with Crippen molar-refractivity contribution >= 4 is 24.1 Å². The van der Waals surface area contributed by atoms with E-state index in [1.165, 1.54) is 6.08 Å². The molecule has 0 unspecified atom stereocenters. The number of hydrogen-bond acceptors (Lipinski definition) is 4. The van der Waals surface area contributed by atoms with Gasteiger partial charge in [0.2, 0.25) is 0 Å². The number of nitrogens with zero attached hydrogens (tertiary/aromatic N) is 3. The lowest BCUT2D eigenvalue weighted by Crippen LogP contribution is -2.10. The highest BCUT2D eigenvalue weighted by Gasteiger charge is 2.20. The van der Waals surface area contributed by atoms with Gasteiger partial charge in [-0.25, -0.2) is 4.79 Å². The fourth-order valence-corrected chi connectivity index (χ4v) is 1.05. The van der Waals surface area contributed by atoms with E-state index in [4.69, 9.17) is 5.11 Å². The molecule has 1 aliphatic carbocycles. The second kappa shape index (κ2) is 3.49. The van der Waals surface area contributed by atoms with Gasteiger partial charge in [0, 0.05) is 12.0 Å². The Balaban J connectivity index is 0.000000845. The van der Waals surface area contributed by atoms with Crippen molar-refractivity contribution in [3.63, 3.8) is 0 Å². The van der Waals surface area contributed by atoms with Crippen LogP contribution in [-0.4, -0.2) is 16.8 Å². The van der Waals surface area contributed by atoms with Gasteiger partial charge in [-0.05, 0) is 17.4 Å². The summed E-state index contributed by atoms with van der Waals surface area (Å²) in [4.78, 5) is 10.5. The number of allylic oxidation sites excluding steroid dienone is 3. The van der Waals surface area contributed by atoms with Gasteiger partial charge in [0.05, 0.1) is 5.71 Å². The molecule has 0 fully saturated rings. The van der Waals surface area contributed by atoms with E-state index in [1.807, 2.05) is 0 Å². The van der Waals surface area contributed by atoms with E-state index in [-0.39, 0.29) is 12.4 Å². The molecule has 2 aliphatic rings. The summed E-state index contributed by atoms with van der Waals surface area (Å²) in [5.74, 6) is -0.917. The molecule has 0 spiro atoms. The predicted molar refractivity (Wildman–Crippen MR) is 48.0 cm³/mol. The number of halogens is 1. The Kier molecular flexibility index (Phi) is 2.57. The Hall–Kier alpha value is -1.49. The van der Waals surface area contributed by atoms with Gasteiger partial charge in [-0.15, -0.1) is 22.6 Å². The van der Waals surface area contributed by atoms with Gasteiger partial charge in [0.15, 0.2) is 0 Å². The fraction of sp³-hybridized carbons (Fsp3) is 0.143. The molecule has 0 radical (unpaired) electrons. The van der Waals surface area contributed by atoms with Gasteiger partial charge in [0.1, 0.15) is 5.70 Å². The van der Waals surface area contributed by atoms with Crippen molar-refractivity contribution < 1.29 is 9.90 Å². The highest BCUT2D eigenvalue weighted by atomic mass is 35.5. The molecule has 1 aliphatic heterocycles. The number of hydrogen-bond donors (Lipinski definition) is 1. The third kappa shape index (κ3) is 1.65. The quantitative estimate of drug-likeness (QED) is 0.695. The molecule has 0 bridgehead atoms. The summed E-state index contributed by atoms with van der Waals surface area (Å²) in [6.45, 7) is 0. The van der Waals surface area contributed by atoms with Crippen LogP contribution in [0.15, 0.2) is 38.9 Å². The second-order valence-corrected chi connectivity index (χ2v) is 2.46. The smallest absolute Gasteiger partial charge is 0.331 e. The fourth-order valence-electron chi connectivity index (χ4n) is 1.05. The molecule has 0 saturated heterocycles. The minimum absolute atomic E-state index is 0. The Morgan fingerprint density at radius 2 is 2.23 bits per heavy atom. The second-order valence-electron chi connectivity index (χ2n) is 2.46. The molecule has 6 heteroatoms. The van der Waals surface area contributed by atoms with Gasteiger partial charge in [-0.1, -0.05) is 0 Å². The van der Waals surface area contributed by atoms with E-state index in [1.54, 1.807) is 6.08 Å². The van der Waals surface area contributed by atoms with Crippen molar-refractivity contribution in [1.82, 2.24) is 0 Å². The van der Waals surface area contributed by atoms with Crippen LogP contribution < -0.4 is 0 Å². The average Bonchev–Trinajstić information content (AvgIpc) is 2.49. The molecule has 0 aromatic carbocycles. The van der Waals surface area contributed by atoms with Crippen molar-refractivity contribution in [2.75, 3.05) is 0 Å². The number of rotatable bonds is 1. The zero-order chi connectivity index (χ0) is 8.55. The summed E-state index contributed by atoms with van der Waals surface area (Å²) in [7, 11) is 0. The topological polar surface area (TPSA) is 74.4 Å². The summed E-state index contributed by atoms with van der Waals surface area (Å²) < 4.78 is 0. The Labute approximate surface area is 80.0 Å². The Morgan fingerprint density at radius 3 is 2.92 bits per heavy atom. The Bertz CT molecular complexity index is 368. The largest absolute Gasteiger partial charge is 0.478 e. The molecule has 1 N–H and O–H groups in total. The first-order chi connectivity index (χ1) is 5.77. The summed E-state index contributed by atoms with van der Waals surface area (Å²) >= 11 is 0. The molecule has 0 saturated carbocycles. The summed E-state index contributed by atoms with van der Waals surface area (Å²) in [6.07, 6.45) is 3.46. The van der Waals surface area contributed by atoms with Crippen LogP contribution in [0.4, 0.5) is 0 Å². The first-order valence-corrected chi connectivity index (χ1v) is 3.39. The first-order valence-electron chi connectivity index (χ1n) is 3.39. The van der Waals surface area contributed by atoms with Gasteiger partial charge in [-0.3, -0.25) is 0 Å². The van der Waals surface area contributed by atoms with Crippen LogP contribution in [0.1, 0.15) is 6.42 Å². The molecule has 1 heterocycles. The van der Waals surface area contributed by atoms with Crippen molar-refractivity contribution in [2.45, 2.75) is 6.42 Å². The van der Waals surface area contributed by atoms with Crippen molar-refractivity contribution in [2.24, 2.45) is 15.4 Å². The van der Waals surface area contributed by atoms with Crippen LogP contribution in [0.5, 0.6) is 0 Å². The summed E-state index contributed by atoms with van der Waals surface area (Å²) in [5, 5.41) is 19.5. The number of carboxylic acids is 1. The van der Waals surface area contributed by atoms with E-state index >= 15 is 0 Å². The zero-order valence-electron chi connectivity index (χ0n) is 6.47. The third-order valence-electron chi connectivity index (χ3n) is 1.69. The van der Waals surface area contributed by atoms with Crippen molar-refractivity contribution in [3.8, 4) is 0 Å². The highest BCUT2D eigenvalue weighted by molar-refractivity contribution is 6.08. The van der Waals surface area contributed by atoms with E-state index in [2.05, 4.69) is 15.4 Å². The monoisotopic (exact) mass is 199 g/mol. The van der Waals surface area contributed by atoms with Crippen LogP contribution in [0.3, 0.4) is 0 Å². The zero-order valence-corrected chi connectivity index (χ0v) is 7.28. The lowest BCUT2D eigenvalue weighted by atomic mass is 10.0. The van der Waals surface area contributed by atoms with E-state index in [0.717, 1.165) is 0 Å². The summed E-state index contributed by atoms with van der Waals surface area (Å²) in [5.41, 5.74) is 1.62. The molecule has 0 aromatic heterocycles. The average molecular weight is 200 g/mol. The number of carbonyl (C=O) groups is 1. The van der Waals surface area contributed by atoms with Crippen LogP contribution >= 0.6 is 12.4 Å². The lowest BCUT2D eigenvalue weighted by molar-refractivity contribution is -0.132. The van der Waals surface area contributed by atoms with E-state index < -0.39 is 5.97 Å². The first kappa shape index (κ1) is 9.60. The normalized spacial score (nSPS) is 18.0. The Morgan fingerprint density at radius 1 is 1.46 bits per heavy atom. The van der Waals surface area contributed by atoms with Gasteiger partial charge < -0.3 is 5.11 Å². The van der Waals surface area contributed by atoms with Crippen LogP contribution in [-0.2, 0) is 4.79 Å². The number of fused-ring (bicyclic) bond motifs is 1. The molecule has 5 nitrogen and oxygen atoms in total. The molecule has 0 aromatic rings. The minimum Gasteiger partial charge on any atom is -0.478 e. The maximum Gasteiger partial charge on any atom is 0.331 e. The minimum atomic E-state index is -0.917. The highest BCUT2D eigenvalue weighted by Crippen LogP contribution is 2.21. The van der Waals surface area contributed by atoms with Crippen molar-refractivity contribution in [1.29, 1.82) is 0 Å². The molecular formula is C7H6ClN3O2. The van der Waals surface area contributed by atoms with Crippen molar-refractivity contribution in [3.05, 3.63) is 23.4 Å². The van der Waals surface area contributed by atoms with Gasteiger partial charge in [0.25, 0.3) is 0 Å². The maximum absolute atomic E-state index is 10.5. The lowest BCUT2D eigenvalue weighted by Gasteiger charge is -2.05. The van der Waals surface area contributed by atoms with Crippen LogP contribution in [0.2, 0.25) is 0 Å². The number of aliphatic carboxylic acids is 1. The molecule has 13 heavy (non-hydrogen) atoms. The van der Waals surface area contributed by atoms with Gasteiger partial charge >= 0.3 is 5.97 Å². The maximum atomic E-state index is 10.5. The third-order valence-corrected chi connectivity index (χ3v) is 1.69. The molecule has 68 valence electrons. The van der Waals surface area contributed by atoms with Crippen LogP contribution in [0, 0.1) is 0 Å². The SMILES string of the molecule is Cl.O=C(O)C1=CC=C2N=NN=C2C1. The predicted octanol–water partition coefficient (Wildman–Crippen LogP) is 1.53. The number of carboxylic acid groups (broad SMARTS) is 1. The molecular weight excluding hydrogens is 194 g/mol. The molecule has 2 rings (SSSR count). The van der Waals surface area contributed by atoms with E-state index in [9.17, 15) is 4.79 Å². The molecule has 0 amide bonds. The molecule has 0 atom stereocenters. The summed E-state index contributed by atoms with van der Waals surface area (Å²) in [6, 6.07) is 0. The van der Waals surface area contributed by atoms with Gasteiger partial charge in [-0.2, -0.15) is 0 Å². The van der Waals surface area contributed by atoms with E-state index in [0.29, 0.717) is 23.4 Å². The standard InChI is InChI=1S/C7H5N3O2.ClH/c11-7(12)4-1-2-5-6(3-4)9-10-8-5;/h1-2H,3H2,(H,11,12);1H.